The summed E-state index contributed by atoms with van der Waals surface area (Å²) >= 11 is 0. The smallest absolute Gasteiger partial charge is 0.316 e. The molecule has 0 saturated carbocycles. The highest BCUT2D eigenvalue weighted by Gasteiger charge is 2.40. The van der Waals surface area contributed by atoms with Crippen LogP contribution in [-0.4, -0.2) is 29.6 Å². The van der Waals surface area contributed by atoms with Gasteiger partial charge in [0.2, 0.25) is 5.91 Å². The van der Waals surface area contributed by atoms with E-state index in [0.29, 0.717) is 6.54 Å². The molecule has 1 heterocycles. The first-order chi connectivity index (χ1) is 8.99. The number of rotatable bonds is 4. The molecular weight excluding hydrogens is 246 g/mol. The molecule has 2 N–H and O–H groups in total. The van der Waals surface area contributed by atoms with Gasteiger partial charge in [0.1, 0.15) is 11.7 Å². The molecular formula is C14H17NO4. The summed E-state index contributed by atoms with van der Waals surface area (Å²) in [6.45, 7) is 4.24. The number of ether oxygens (including phenoxy) is 1. The van der Waals surface area contributed by atoms with Gasteiger partial charge in [-0.05, 0) is 31.5 Å². The summed E-state index contributed by atoms with van der Waals surface area (Å²) in [6, 6.07) is 7.24. The fourth-order valence-electron chi connectivity index (χ4n) is 2.28. The van der Waals surface area contributed by atoms with Gasteiger partial charge < -0.3 is 15.2 Å². The predicted octanol–water partition coefficient (Wildman–Crippen LogP) is 1.39. The molecule has 1 saturated heterocycles. The Bertz CT molecular complexity index is 481. The first-order valence-electron chi connectivity index (χ1n) is 6.26. The molecule has 0 radical (unpaired) electrons. The van der Waals surface area contributed by atoms with Crippen LogP contribution >= 0.6 is 0 Å². The minimum Gasteiger partial charge on any atom is -0.491 e. The van der Waals surface area contributed by atoms with Crippen LogP contribution in [0.4, 0.5) is 0 Å². The summed E-state index contributed by atoms with van der Waals surface area (Å²) in [5.41, 5.74) is 0.835. The van der Waals surface area contributed by atoms with E-state index >= 15 is 0 Å². The number of hydrogen-bond acceptors (Lipinski definition) is 3. The van der Waals surface area contributed by atoms with Crippen molar-refractivity contribution in [1.82, 2.24) is 5.32 Å². The van der Waals surface area contributed by atoms with Gasteiger partial charge in [-0.15, -0.1) is 0 Å². The number of nitrogens with one attached hydrogen (secondary N) is 1. The van der Waals surface area contributed by atoms with Gasteiger partial charge in [-0.3, -0.25) is 9.59 Å². The van der Waals surface area contributed by atoms with Gasteiger partial charge in [0.25, 0.3) is 0 Å². The Kier molecular flexibility index (Phi) is 3.74. The van der Waals surface area contributed by atoms with Crippen molar-refractivity contribution in [2.75, 3.05) is 6.54 Å². The number of amides is 1. The van der Waals surface area contributed by atoms with Gasteiger partial charge >= 0.3 is 5.97 Å². The monoisotopic (exact) mass is 263 g/mol. The molecule has 1 aromatic carbocycles. The maximum atomic E-state index is 11.5. The van der Waals surface area contributed by atoms with Crippen LogP contribution in [0.1, 0.15) is 25.3 Å². The average Bonchev–Trinajstić information content (AvgIpc) is 2.71. The maximum absolute atomic E-state index is 11.5. The molecule has 0 bridgehead atoms. The van der Waals surface area contributed by atoms with Crippen molar-refractivity contribution in [2.24, 2.45) is 5.92 Å². The zero-order valence-corrected chi connectivity index (χ0v) is 10.9. The first-order valence-corrected chi connectivity index (χ1v) is 6.26. The normalized spacial score (nSPS) is 22.4. The van der Waals surface area contributed by atoms with Crippen molar-refractivity contribution in [2.45, 2.75) is 25.9 Å². The van der Waals surface area contributed by atoms with Gasteiger partial charge in [0.15, 0.2) is 0 Å². The third-order valence-electron chi connectivity index (χ3n) is 3.13. The number of aliphatic carboxylic acids is 1. The van der Waals surface area contributed by atoms with Crippen LogP contribution in [0.5, 0.6) is 5.75 Å². The van der Waals surface area contributed by atoms with Crippen molar-refractivity contribution in [3.8, 4) is 5.75 Å². The lowest BCUT2D eigenvalue weighted by molar-refractivity contribution is -0.145. The molecule has 0 aliphatic carbocycles. The van der Waals surface area contributed by atoms with Gasteiger partial charge in [-0.2, -0.15) is 0 Å². The Morgan fingerprint density at radius 1 is 1.37 bits per heavy atom. The molecule has 5 heteroatoms. The van der Waals surface area contributed by atoms with Crippen LogP contribution in [0.3, 0.4) is 0 Å². The molecule has 1 aliphatic rings. The van der Waals surface area contributed by atoms with E-state index in [1.165, 1.54) is 0 Å². The molecule has 1 fully saturated rings. The van der Waals surface area contributed by atoms with Crippen LogP contribution in [0.25, 0.3) is 0 Å². The standard InChI is InChI=1S/C14H17NO4/c1-8(2)19-10-5-3-9(4-6-10)11-7-15-13(16)12(11)14(17)18/h3-6,8,11-12H,7H2,1-2H3,(H,15,16)(H,17,18)/t11-,12-/m1/s1. The van der Waals surface area contributed by atoms with Crippen LogP contribution in [0.2, 0.25) is 0 Å². The number of benzene rings is 1. The lowest BCUT2D eigenvalue weighted by Gasteiger charge is -2.15. The van der Waals surface area contributed by atoms with E-state index in [1.807, 2.05) is 26.0 Å². The first kappa shape index (κ1) is 13.4. The number of carboxylic acids is 1. The SMILES string of the molecule is CC(C)Oc1ccc([C@H]2CNC(=O)[C@@H]2C(=O)O)cc1. The highest BCUT2D eigenvalue weighted by Crippen LogP contribution is 2.30. The van der Waals surface area contributed by atoms with E-state index in [2.05, 4.69) is 5.32 Å². The zero-order chi connectivity index (χ0) is 14.0. The van der Waals surface area contributed by atoms with Gasteiger partial charge in [0.05, 0.1) is 6.10 Å². The molecule has 102 valence electrons. The highest BCUT2D eigenvalue weighted by atomic mass is 16.5. The number of carboxylic acid groups (broad SMARTS) is 1. The summed E-state index contributed by atoms with van der Waals surface area (Å²) in [7, 11) is 0. The Morgan fingerprint density at radius 2 is 2.00 bits per heavy atom. The quantitative estimate of drug-likeness (QED) is 0.805. The summed E-state index contributed by atoms with van der Waals surface area (Å²) in [5.74, 6) is -2.08. The molecule has 1 aliphatic heterocycles. The Morgan fingerprint density at radius 3 is 2.53 bits per heavy atom. The number of carbonyl (C=O) groups is 2. The van der Waals surface area contributed by atoms with E-state index in [9.17, 15) is 9.59 Å². The van der Waals surface area contributed by atoms with E-state index in [-0.39, 0.29) is 12.0 Å². The van der Waals surface area contributed by atoms with Gasteiger partial charge in [-0.1, -0.05) is 12.1 Å². The van der Waals surface area contributed by atoms with Crippen LogP contribution in [-0.2, 0) is 9.59 Å². The minimum absolute atomic E-state index is 0.0901. The van der Waals surface area contributed by atoms with Crippen molar-refractivity contribution < 1.29 is 19.4 Å². The molecule has 19 heavy (non-hydrogen) atoms. The Labute approximate surface area is 111 Å². The summed E-state index contributed by atoms with van der Waals surface area (Å²) < 4.78 is 5.53. The molecule has 1 amide bonds. The van der Waals surface area contributed by atoms with Crippen LogP contribution in [0.15, 0.2) is 24.3 Å². The molecule has 1 aromatic rings. The van der Waals surface area contributed by atoms with Crippen molar-refractivity contribution in [1.29, 1.82) is 0 Å². The van der Waals surface area contributed by atoms with Crippen LogP contribution in [0, 0.1) is 5.92 Å². The Hall–Kier alpha value is -2.04. The number of hydrogen-bond donors (Lipinski definition) is 2. The fourth-order valence-corrected chi connectivity index (χ4v) is 2.28. The largest absolute Gasteiger partial charge is 0.491 e. The highest BCUT2D eigenvalue weighted by molar-refractivity contribution is 5.99. The van der Waals surface area contributed by atoms with Gasteiger partial charge in [0, 0.05) is 12.5 Å². The third kappa shape index (κ3) is 2.86. The fraction of sp³-hybridized carbons (Fsp3) is 0.429. The Balaban J connectivity index is 2.18. The van der Waals surface area contributed by atoms with Crippen molar-refractivity contribution >= 4 is 11.9 Å². The molecule has 0 unspecified atom stereocenters. The second-order valence-electron chi connectivity index (χ2n) is 4.90. The molecule has 0 spiro atoms. The van der Waals surface area contributed by atoms with E-state index < -0.39 is 17.8 Å². The van der Waals surface area contributed by atoms with Crippen LogP contribution < -0.4 is 10.1 Å². The van der Waals surface area contributed by atoms with Crippen molar-refractivity contribution in [3.05, 3.63) is 29.8 Å². The summed E-state index contributed by atoms with van der Waals surface area (Å²) in [5, 5.41) is 11.7. The van der Waals surface area contributed by atoms with Gasteiger partial charge in [-0.25, -0.2) is 0 Å². The second-order valence-corrected chi connectivity index (χ2v) is 4.90. The second kappa shape index (κ2) is 5.30. The zero-order valence-electron chi connectivity index (χ0n) is 10.9. The maximum Gasteiger partial charge on any atom is 0.316 e. The van der Waals surface area contributed by atoms with Crippen molar-refractivity contribution in [3.63, 3.8) is 0 Å². The number of carbonyl (C=O) groups excluding carboxylic acids is 1. The summed E-state index contributed by atoms with van der Waals surface area (Å²) in [4.78, 5) is 22.6. The molecule has 5 nitrogen and oxygen atoms in total. The van der Waals surface area contributed by atoms with E-state index in [0.717, 1.165) is 11.3 Å². The van der Waals surface area contributed by atoms with E-state index in [4.69, 9.17) is 9.84 Å². The topological polar surface area (TPSA) is 75.6 Å². The summed E-state index contributed by atoms with van der Waals surface area (Å²) in [6.07, 6.45) is 0.0901. The lowest BCUT2D eigenvalue weighted by atomic mass is 9.88. The molecule has 2 rings (SSSR count). The molecule has 0 aromatic heterocycles. The third-order valence-corrected chi connectivity index (χ3v) is 3.13. The lowest BCUT2D eigenvalue weighted by Crippen LogP contribution is -2.26. The minimum atomic E-state index is -1.08. The van der Waals surface area contributed by atoms with E-state index in [1.54, 1.807) is 12.1 Å². The predicted molar refractivity (Wildman–Crippen MR) is 69.1 cm³/mol. The molecule has 2 atom stereocenters. The average molecular weight is 263 g/mol.